The Morgan fingerprint density at radius 2 is 2.08 bits per heavy atom. The Hall–Kier alpha value is -2.15. The average molecular weight is 342 g/mol. The lowest BCUT2D eigenvalue weighted by Gasteiger charge is -2.00. The summed E-state index contributed by atoms with van der Waals surface area (Å²) in [4.78, 5) is 5.80. The molecule has 3 aromatic heterocycles. The van der Waals surface area contributed by atoms with Crippen LogP contribution in [0.4, 0.5) is 5.13 Å². The fraction of sp³-hybridized carbons (Fsp3) is 0.471. The van der Waals surface area contributed by atoms with Gasteiger partial charge in [0.25, 0.3) is 0 Å². The van der Waals surface area contributed by atoms with E-state index in [1.54, 1.807) is 11.3 Å². The van der Waals surface area contributed by atoms with Gasteiger partial charge in [0.2, 0.25) is 0 Å². The summed E-state index contributed by atoms with van der Waals surface area (Å²) in [6, 6.07) is 2.10. The predicted octanol–water partition coefficient (Wildman–Crippen LogP) is 3.38. The predicted molar refractivity (Wildman–Crippen MR) is 96.1 cm³/mol. The molecule has 1 aliphatic carbocycles. The van der Waals surface area contributed by atoms with Crippen molar-refractivity contribution >= 4 is 16.5 Å². The quantitative estimate of drug-likeness (QED) is 0.746. The monoisotopic (exact) mass is 342 g/mol. The topological polar surface area (TPSA) is 60.6 Å². The molecule has 0 radical (unpaired) electrons. The zero-order valence-electron chi connectivity index (χ0n) is 14.3. The van der Waals surface area contributed by atoms with Gasteiger partial charge in [0.15, 0.2) is 5.13 Å². The molecule has 0 bridgehead atoms. The third-order valence-electron chi connectivity index (χ3n) is 4.36. The molecule has 24 heavy (non-hydrogen) atoms. The summed E-state index contributed by atoms with van der Waals surface area (Å²) >= 11 is 1.67. The highest BCUT2D eigenvalue weighted by Gasteiger charge is 2.22. The standard InChI is InChI=1S/C17H22N6S/c1-11-14(10-22(3)20-11)8-18-17-19-12(2)16(24-17)15-6-7-23(21-15)9-13-4-5-13/h6-7,10,13H,4-5,8-9H2,1-3H3,(H,18,19). The third kappa shape index (κ3) is 3.21. The second kappa shape index (κ2) is 6.05. The van der Waals surface area contributed by atoms with E-state index in [9.17, 15) is 0 Å². The zero-order chi connectivity index (χ0) is 16.7. The summed E-state index contributed by atoms with van der Waals surface area (Å²) in [6.07, 6.45) is 6.81. The summed E-state index contributed by atoms with van der Waals surface area (Å²) in [5, 5.41) is 13.4. The first-order chi connectivity index (χ1) is 11.6. The van der Waals surface area contributed by atoms with Crippen LogP contribution < -0.4 is 5.32 Å². The summed E-state index contributed by atoms with van der Waals surface area (Å²) in [6.45, 7) is 5.86. The highest BCUT2D eigenvalue weighted by molar-refractivity contribution is 7.19. The van der Waals surface area contributed by atoms with Crippen LogP contribution in [0.25, 0.3) is 10.6 Å². The molecule has 0 atom stereocenters. The number of aryl methyl sites for hydroxylation is 3. The van der Waals surface area contributed by atoms with E-state index in [-0.39, 0.29) is 0 Å². The molecule has 1 N–H and O–H groups in total. The molecule has 7 heteroatoms. The lowest BCUT2D eigenvalue weighted by molar-refractivity contribution is 0.565. The van der Waals surface area contributed by atoms with Gasteiger partial charge in [-0.05, 0) is 38.7 Å². The smallest absolute Gasteiger partial charge is 0.183 e. The van der Waals surface area contributed by atoms with E-state index in [1.807, 2.05) is 31.8 Å². The maximum absolute atomic E-state index is 4.72. The van der Waals surface area contributed by atoms with Crippen molar-refractivity contribution in [3.8, 4) is 10.6 Å². The fourth-order valence-electron chi connectivity index (χ4n) is 2.85. The number of thiazole rings is 1. The number of aromatic nitrogens is 5. The first kappa shape index (κ1) is 15.4. The van der Waals surface area contributed by atoms with Gasteiger partial charge >= 0.3 is 0 Å². The summed E-state index contributed by atoms with van der Waals surface area (Å²) in [5.41, 5.74) is 4.30. The number of nitrogens with zero attached hydrogens (tertiary/aromatic N) is 5. The van der Waals surface area contributed by atoms with Crippen molar-refractivity contribution < 1.29 is 0 Å². The van der Waals surface area contributed by atoms with E-state index in [0.29, 0.717) is 0 Å². The van der Waals surface area contributed by atoms with E-state index in [0.717, 1.165) is 46.1 Å². The van der Waals surface area contributed by atoms with Crippen LogP contribution in [-0.2, 0) is 20.1 Å². The van der Waals surface area contributed by atoms with Crippen molar-refractivity contribution in [1.29, 1.82) is 0 Å². The van der Waals surface area contributed by atoms with Crippen LogP contribution in [0.2, 0.25) is 0 Å². The van der Waals surface area contributed by atoms with Crippen LogP contribution in [-0.4, -0.2) is 24.5 Å². The third-order valence-corrected chi connectivity index (χ3v) is 5.49. The summed E-state index contributed by atoms with van der Waals surface area (Å²) in [5.74, 6) is 0.834. The minimum Gasteiger partial charge on any atom is -0.357 e. The molecule has 0 spiro atoms. The SMILES string of the molecule is Cc1nn(C)cc1CNc1nc(C)c(-c2ccn(CC3CC3)n2)s1. The molecule has 1 fully saturated rings. The highest BCUT2D eigenvalue weighted by Crippen LogP contribution is 2.33. The molecule has 3 heterocycles. The van der Waals surface area contributed by atoms with Gasteiger partial charge in [0, 0.05) is 38.1 Å². The number of anilines is 1. The first-order valence-corrected chi connectivity index (χ1v) is 9.14. The van der Waals surface area contributed by atoms with Crippen molar-refractivity contribution in [2.45, 2.75) is 39.8 Å². The average Bonchev–Trinajstić information content (AvgIpc) is 2.94. The molecule has 1 aliphatic rings. The molecule has 1 saturated carbocycles. The van der Waals surface area contributed by atoms with Crippen molar-refractivity contribution in [3.63, 3.8) is 0 Å². The van der Waals surface area contributed by atoms with Gasteiger partial charge in [-0.3, -0.25) is 9.36 Å². The Labute approximate surface area is 145 Å². The van der Waals surface area contributed by atoms with Crippen LogP contribution in [0.1, 0.15) is 29.8 Å². The Balaban J connectivity index is 1.47. The van der Waals surface area contributed by atoms with Gasteiger partial charge in [-0.1, -0.05) is 11.3 Å². The van der Waals surface area contributed by atoms with E-state index in [1.165, 1.54) is 18.4 Å². The Kier molecular flexibility index (Phi) is 3.88. The van der Waals surface area contributed by atoms with Crippen LogP contribution in [0, 0.1) is 19.8 Å². The van der Waals surface area contributed by atoms with Crippen molar-refractivity contribution in [3.05, 3.63) is 35.4 Å². The minimum absolute atomic E-state index is 0.738. The van der Waals surface area contributed by atoms with Crippen molar-refractivity contribution in [1.82, 2.24) is 24.5 Å². The highest BCUT2D eigenvalue weighted by atomic mass is 32.1. The van der Waals surface area contributed by atoms with Crippen molar-refractivity contribution in [2.24, 2.45) is 13.0 Å². The molecule has 3 aromatic rings. The molecule has 4 rings (SSSR count). The Morgan fingerprint density at radius 3 is 2.79 bits per heavy atom. The van der Waals surface area contributed by atoms with Crippen LogP contribution >= 0.6 is 11.3 Å². The van der Waals surface area contributed by atoms with Gasteiger partial charge in [-0.15, -0.1) is 0 Å². The van der Waals surface area contributed by atoms with Crippen LogP contribution in [0.15, 0.2) is 18.5 Å². The largest absolute Gasteiger partial charge is 0.357 e. The number of nitrogens with one attached hydrogen (secondary N) is 1. The van der Waals surface area contributed by atoms with Crippen LogP contribution in [0.5, 0.6) is 0 Å². The summed E-state index contributed by atoms with van der Waals surface area (Å²) < 4.78 is 3.91. The van der Waals surface area contributed by atoms with Gasteiger partial charge in [0.05, 0.1) is 16.3 Å². The number of hydrogen-bond donors (Lipinski definition) is 1. The number of hydrogen-bond acceptors (Lipinski definition) is 5. The maximum atomic E-state index is 4.72. The molecular formula is C17H22N6S. The lowest BCUT2D eigenvalue weighted by Crippen LogP contribution is -1.99. The van der Waals surface area contributed by atoms with Crippen molar-refractivity contribution in [2.75, 3.05) is 5.32 Å². The molecule has 0 aromatic carbocycles. The fourth-order valence-corrected chi connectivity index (χ4v) is 3.78. The maximum Gasteiger partial charge on any atom is 0.183 e. The van der Waals surface area contributed by atoms with E-state index < -0.39 is 0 Å². The lowest BCUT2D eigenvalue weighted by atomic mass is 10.3. The van der Waals surface area contributed by atoms with Gasteiger partial charge < -0.3 is 5.32 Å². The van der Waals surface area contributed by atoms with E-state index in [2.05, 4.69) is 32.3 Å². The summed E-state index contributed by atoms with van der Waals surface area (Å²) in [7, 11) is 1.94. The molecule has 0 saturated heterocycles. The molecule has 0 amide bonds. The first-order valence-electron chi connectivity index (χ1n) is 8.33. The minimum atomic E-state index is 0.738. The number of rotatable bonds is 6. The Morgan fingerprint density at radius 1 is 1.25 bits per heavy atom. The second-order valence-electron chi connectivity index (χ2n) is 6.57. The Bertz CT molecular complexity index is 854. The zero-order valence-corrected chi connectivity index (χ0v) is 15.1. The van der Waals surface area contributed by atoms with E-state index in [4.69, 9.17) is 5.10 Å². The van der Waals surface area contributed by atoms with E-state index >= 15 is 0 Å². The normalized spacial score (nSPS) is 14.3. The molecule has 126 valence electrons. The molecule has 6 nitrogen and oxygen atoms in total. The molecule has 0 unspecified atom stereocenters. The van der Waals surface area contributed by atoms with Crippen LogP contribution in [0.3, 0.4) is 0 Å². The molecule has 0 aliphatic heterocycles. The van der Waals surface area contributed by atoms with Gasteiger partial charge in [-0.25, -0.2) is 4.98 Å². The van der Waals surface area contributed by atoms with Gasteiger partial charge in [0.1, 0.15) is 5.69 Å². The molecular weight excluding hydrogens is 320 g/mol. The van der Waals surface area contributed by atoms with Gasteiger partial charge in [-0.2, -0.15) is 10.2 Å². The second-order valence-corrected chi connectivity index (χ2v) is 7.57.